The van der Waals surface area contributed by atoms with Crippen molar-refractivity contribution in [3.8, 4) is 5.75 Å². The van der Waals surface area contributed by atoms with Crippen molar-refractivity contribution in [1.29, 1.82) is 0 Å². The van der Waals surface area contributed by atoms with Gasteiger partial charge in [0.15, 0.2) is 0 Å². The summed E-state index contributed by atoms with van der Waals surface area (Å²) in [6.07, 6.45) is -0.455. The third kappa shape index (κ3) is 2.77. The maximum atomic E-state index is 9.89. The van der Waals surface area contributed by atoms with E-state index in [2.05, 4.69) is 29.8 Å². The summed E-state index contributed by atoms with van der Waals surface area (Å²) in [4.78, 5) is 0. The van der Waals surface area contributed by atoms with Crippen molar-refractivity contribution in [1.82, 2.24) is 0 Å². The van der Waals surface area contributed by atoms with Gasteiger partial charge in [-0.25, -0.2) is 0 Å². The molecule has 1 rings (SSSR count). The molecule has 0 saturated heterocycles. The Morgan fingerprint density at radius 1 is 1.31 bits per heavy atom. The van der Waals surface area contributed by atoms with E-state index >= 15 is 0 Å². The number of aliphatic hydroxyl groups is 1. The number of aliphatic hydroxyl groups excluding tert-OH is 1. The van der Waals surface area contributed by atoms with Crippen LogP contribution in [0.3, 0.4) is 0 Å². The zero-order chi connectivity index (χ0) is 12.3. The molecule has 0 aliphatic rings. The third-order valence-electron chi connectivity index (χ3n) is 2.75. The number of methoxy groups -OCH3 is 1. The topological polar surface area (TPSA) is 29.5 Å². The van der Waals surface area contributed by atoms with Gasteiger partial charge < -0.3 is 9.84 Å². The van der Waals surface area contributed by atoms with Crippen LogP contribution >= 0.6 is 15.9 Å². The first-order chi connectivity index (χ1) is 7.51. The average molecular weight is 287 g/mol. The molecule has 1 aromatic rings. The molecular weight excluding hydrogens is 268 g/mol. The molecule has 0 heterocycles. The highest BCUT2D eigenvalue weighted by molar-refractivity contribution is 9.09. The predicted molar refractivity (Wildman–Crippen MR) is 70.6 cm³/mol. The first-order valence-electron chi connectivity index (χ1n) is 5.43. The van der Waals surface area contributed by atoms with E-state index in [9.17, 15) is 5.11 Å². The van der Waals surface area contributed by atoms with Crippen LogP contribution in [0.5, 0.6) is 5.75 Å². The van der Waals surface area contributed by atoms with E-state index in [0.29, 0.717) is 11.2 Å². The minimum Gasteiger partial charge on any atom is -0.496 e. The molecule has 1 N–H and O–H groups in total. The molecule has 0 fully saturated rings. The lowest BCUT2D eigenvalue weighted by Crippen LogP contribution is -2.04. The number of aryl methyl sites for hydroxylation is 1. The van der Waals surface area contributed by atoms with E-state index in [1.807, 2.05) is 19.1 Å². The van der Waals surface area contributed by atoms with E-state index in [-0.39, 0.29) is 0 Å². The van der Waals surface area contributed by atoms with Gasteiger partial charge >= 0.3 is 0 Å². The van der Waals surface area contributed by atoms with E-state index in [1.165, 1.54) is 0 Å². The minimum absolute atomic E-state index is 0.386. The van der Waals surface area contributed by atoms with E-state index < -0.39 is 6.10 Å². The summed E-state index contributed by atoms with van der Waals surface area (Å²) in [5, 5.41) is 10.4. The number of hydrogen-bond donors (Lipinski definition) is 1. The fourth-order valence-electron chi connectivity index (χ4n) is 1.79. The van der Waals surface area contributed by atoms with Crippen LogP contribution in [0.25, 0.3) is 0 Å². The molecule has 0 spiro atoms. The zero-order valence-corrected chi connectivity index (χ0v) is 11.8. The molecule has 3 heteroatoms. The molecule has 1 unspecified atom stereocenters. The van der Waals surface area contributed by atoms with Gasteiger partial charge in [0.2, 0.25) is 0 Å². The summed E-state index contributed by atoms with van der Waals surface area (Å²) in [6.45, 7) is 6.24. The molecular formula is C13H19BrO2. The fraction of sp³-hybridized carbons (Fsp3) is 0.538. The Hall–Kier alpha value is -0.540. The van der Waals surface area contributed by atoms with Gasteiger partial charge in [0, 0.05) is 5.33 Å². The summed E-state index contributed by atoms with van der Waals surface area (Å²) in [6, 6.07) is 4.04. The number of benzene rings is 1. The van der Waals surface area contributed by atoms with Crippen molar-refractivity contribution in [3.05, 3.63) is 28.8 Å². The van der Waals surface area contributed by atoms with Gasteiger partial charge in [0.05, 0.1) is 13.2 Å². The van der Waals surface area contributed by atoms with Crippen LogP contribution < -0.4 is 4.74 Å². The standard InChI is InChI=1S/C13H19BrO2/c1-8(2)10-6-11(12(15)7-14)9(3)5-13(10)16-4/h5-6,8,12,15H,7H2,1-4H3. The smallest absolute Gasteiger partial charge is 0.122 e. The van der Waals surface area contributed by atoms with Crippen LogP contribution in [-0.4, -0.2) is 17.5 Å². The first kappa shape index (κ1) is 13.5. The molecule has 0 aromatic heterocycles. The van der Waals surface area contributed by atoms with Crippen LogP contribution in [0, 0.1) is 6.92 Å². The van der Waals surface area contributed by atoms with Gasteiger partial charge in [-0.1, -0.05) is 29.8 Å². The minimum atomic E-state index is -0.455. The molecule has 16 heavy (non-hydrogen) atoms. The quantitative estimate of drug-likeness (QED) is 0.858. The number of alkyl halides is 1. The third-order valence-corrected chi connectivity index (χ3v) is 3.36. The molecule has 0 saturated carbocycles. The van der Waals surface area contributed by atoms with Gasteiger partial charge in [0.25, 0.3) is 0 Å². The zero-order valence-electron chi connectivity index (χ0n) is 10.2. The fourth-order valence-corrected chi connectivity index (χ4v) is 2.13. The Kier molecular flexibility index (Phi) is 4.81. The van der Waals surface area contributed by atoms with Gasteiger partial charge in [-0.15, -0.1) is 0 Å². The number of hydrogen-bond acceptors (Lipinski definition) is 2. The molecule has 1 atom stereocenters. The van der Waals surface area contributed by atoms with Crippen LogP contribution in [0.2, 0.25) is 0 Å². The normalized spacial score (nSPS) is 12.9. The van der Waals surface area contributed by atoms with Gasteiger partial charge in [-0.2, -0.15) is 0 Å². The van der Waals surface area contributed by atoms with E-state index in [1.54, 1.807) is 7.11 Å². The Bertz CT molecular complexity index is 361. The Labute approximate surface area is 106 Å². The lowest BCUT2D eigenvalue weighted by atomic mass is 9.94. The summed E-state index contributed by atoms with van der Waals surface area (Å²) in [5.74, 6) is 1.29. The Morgan fingerprint density at radius 2 is 1.94 bits per heavy atom. The molecule has 0 aliphatic heterocycles. The largest absolute Gasteiger partial charge is 0.496 e. The maximum absolute atomic E-state index is 9.89. The molecule has 1 aromatic carbocycles. The van der Waals surface area contributed by atoms with Crippen LogP contribution in [0.1, 0.15) is 42.6 Å². The second-order valence-corrected chi connectivity index (χ2v) is 4.92. The number of halogens is 1. The molecule has 0 aliphatic carbocycles. The van der Waals surface area contributed by atoms with Gasteiger partial charge in [-0.3, -0.25) is 0 Å². The van der Waals surface area contributed by atoms with Crippen molar-refractivity contribution in [2.45, 2.75) is 32.8 Å². The lowest BCUT2D eigenvalue weighted by molar-refractivity contribution is 0.204. The maximum Gasteiger partial charge on any atom is 0.122 e. The molecule has 0 radical (unpaired) electrons. The van der Waals surface area contributed by atoms with Crippen molar-refractivity contribution >= 4 is 15.9 Å². The predicted octanol–water partition coefficient (Wildman–Crippen LogP) is 3.56. The SMILES string of the molecule is COc1cc(C)c(C(O)CBr)cc1C(C)C. The molecule has 0 bridgehead atoms. The highest BCUT2D eigenvalue weighted by atomic mass is 79.9. The number of ether oxygens (including phenoxy) is 1. The van der Waals surface area contributed by atoms with Crippen molar-refractivity contribution in [2.75, 3.05) is 12.4 Å². The van der Waals surface area contributed by atoms with E-state index in [0.717, 1.165) is 22.4 Å². The summed E-state index contributed by atoms with van der Waals surface area (Å²) < 4.78 is 5.36. The second kappa shape index (κ2) is 5.69. The Morgan fingerprint density at radius 3 is 2.38 bits per heavy atom. The van der Waals surface area contributed by atoms with Crippen molar-refractivity contribution in [3.63, 3.8) is 0 Å². The monoisotopic (exact) mass is 286 g/mol. The van der Waals surface area contributed by atoms with E-state index in [4.69, 9.17) is 4.74 Å². The van der Waals surface area contributed by atoms with Crippen LogP contribution in [-0.2, 0) is 0 Å². The molecule has 0 amide bonds. The van der Waals surface area contributed by atoms with Crippen LogP contribution in [0.15, 0.2) is 12.1 Å². The van der Waals surface area contributed by atoms with Crippen LogP contribution in [0.4, 0.5) is 0 Å². The summed E-state index contributed by atoms with van der Waals surface area (Å²) >= 11 is 3.30. The van der Waals surface area contributed by atoms with Gasteiger partial charge in [-0.05, 0) is 41.7 Å². The molecule has 2 nitrogen and oxygen atoms in total. The lowest BCUT2D eigenvalue weighted by Gasteiger charge is -2.18. The second-order valence-electron chi connectivity index (χ2n) is 4.28. The first-order valence-corrected chi connectivity index (χ1v) is 6.55. The van der Waals surface area contributed by atoms with Gasteiger partial charge in [0.1, 0.15) is 5.75 Å². The number of rotatable bonds is 4. The molecule has 90 valence electrons. The summed E-state index contributed by atoms with van der Waals surface area (Å²) in [7, 11) is 1.68. The van der Waals surface area contributed by atoms with Crippen molar-refractivity contribution < 1.29 is 9.84 Å². The highest BCUT2D eigenvalue weighted by Crippen LogP contribution is 2.32. The average Bonchev–Trinajstić information content (AvgIpc) is 2.27. The highest BCUT2D eigenvalue weighted by Gasteiger charge is 2.15. The van der Waals surface area contributed by atoms with Crippen molar-refractivity contribution in [2.24, 2.45) is 0 Å². The summed E-state index contributed by atoms with van der Waals surface area (Å²) in [5.41, 5.74) is 3.18. The Balaban J connectivity index is 3.27.